The van der Waals surface area contributed by atoms with Crippen LogP contribution in [-0.4, -0.2) is 77.1 Å². The quantitative estimate of drug-likeness (QED) is 0.328. The Kier molecular flexibility index (Phi) is 5.84. The first-order valence-corrected chi connectivity index (χ1v) is 9.62. The first kappa shape index (κ1) is 22.1. The number of methoxy groups -OCH3 is 2. The lowest BCUT2D eigenvalue weighted by Gasteiger charge is -2.39. The Bertz CT molecular complexity index is 1200. The van der Waals surface area contributed by atoms with Gasteiger partial charge in [0.05, 0.1) is 20.8 Å². The van der Waals surface area contributed by atoms with E-state index in [2.05, 4.69) is 0 Å². The average molecular weight is 450 g/mol. The van der Waals surface area contributed by atoms with Crippen molar-refractivity contribution in [1.82, 2.24) is 0 Å². The molecule has 3 aromatic rings. The summed E-state index contributed by atoms with van der Waals surface area (Å²) >= 11 is 0. The number of aliphatic hydroxyl groups is 4. The van der Waals surface area contributed by atoms with Crippen LogP contribution >= 0.6 is 0 Å². The van der Waals surface area contributed by atoms with Gasteiger partial charge in [-0.15, -0.1) is 0 Å². The highest BCUT2D eigenvalue weighted by Crippen LogP contribution is 2.37. The third-order valence-electron chi connectivity index (χ3n) is 5.36. The van der Waals surface area contributed by atoms with E-state index in [4.69, 9.17) is 23.4 Å². The smallest absolute Gasteiger partial charge is 0.229 e. The van der Waals surface area contributed by atoms with E-state index in [1.807, 2.05) is 0 Å². The maximum atomic E-state index is 13.1. The Labute approximate surface area is 180 Å². The van der Waals surface area contributed by atoms with E-state index in [0.29, 0.717) is 0 Å². The summed E-state index contributed by atoms with van der Waals surface area (Å²) in [6.07, 6.45) is -7.36. The SMILES string of the molecule is COc1ccc2oc3cc(OC4OC(CO)C(O)C(O)C4O)cc(OC)c3c(=O)c2c1O. The molecule has 1 aromatic heterocycles. The number of fused-ring (bicyclic) bond motifs is 2. The molecule has 172 valence electrons. The summed E-state index contributed by atoms with van der Waals surface area (Å²) in [6, 6.07) is 5.59. The van der Waals surface area contributed by atoms with Crippen molar-refractivity contribution < 1.29 is 48.9 Å². The molecule has 32 heavy (non-hydrogen) atoms. The van der Waals surface area contributed by atoms with Crippen LogP contribution in [0.2, 0.25) is 0 Å². The zero-order valence-corrected chi connectivity index (χ0v) is 17.1. The van der Waals surface area contributed by atoms with Crippen LogP contribution in [0, 0.1) is 0 Å². The summed E-state index contributed by atoms with van der Waals surface area (Å²) < 4.78 is 27.1. The summed E-state index contributed by atoms with van der Waals surface area (Å²) in [7, 11) is 2.67. The molecule has 0 radical (unpaired) electrons. The molecule has 1 fully saturated rings. The van der Waals surface area contributed by atoms with Crippen molar-refractivity contribution in [3.05, 3.63) is 34.5 Å². The Morgan fingerprint density at radius 1 is 0.938 bits per heavy atom. The summed E-state index contributed by atoms with van der Waals surface area (Å²) in [5.41, 5.74) is -0.409. The van der Waals surface area contributed by atoms with Gasteiger partial charge in [0, 0.05) is 12.1 Å². The predicted octanol–water partition coefficient (Wildman–Crippen LogP) is -0.152. The molecule has 1 saturated heterocycles. The van der Waals surface area contributed by atoms with E-state index in [1.54, 1.807) is 0 Å². The fourth-order valence-electron chi connectivity index (χ4n) is 3.66. The fourth-order valence-corrected chi connectivity index (χ4v) is 3.66. The lowest BCUT2D eigenvalue weighted by atomic mass is 9.99. The Morgan fingerprint density at radius 3 is 2.31 bits per heavy atom. The van der Waals surface area contributed by atoms with Gasteiger partial charge in [0.15, 0.2) is 11.5 Å². The highest BCUT2D eigenvalue weighted by Gasteiger charge is 2.44. The minimum Gasteiger partial charge on any atom is -0.504 e. The molecule has 0 amide bonds. The van der Waals surface area contributed by atoms with Gasteiger partial charge < -0.3 is 48.9 Å². The van der Waals surface area contributed by atoms with E-state index in [9.17, 15) is 30.3 Å². The van der Waals surface area contributed by atoms with Gasteiger partial charge in [0.1, 0.15) is 57.9 Å². The average Bonchev–Trinajstić information content (AvgIpc) is 2.78. The molecule has 2 aromatic carbocycles. The molecular formula is C21H22O11. The number of hydrogen-bond acceptors (Lipinski definition) is 11. The van der Waals surface area contributed by atoms with Gasteiger partial charge in [-0.2, -0.15) is 0 Å². The number of phenols is 1. The first-order valence-electron chi connectivity index (χ1n) is 9.62. The molecule has 0 saturated carbocycles. The molecule has 5 atom stereocenters. The van der Waals surface area contributed by atoms with E-state index in [-0.39, 0.29) is 44.9 Å². The van der Waals surface area contributed by atoms with Gasteiger partial charge >= 0.3 is 0 Å². The molecule has 11 heteroatoms. The third kappa shape index (κ3) is 3.49. The fraction of sp³-hybridized carbons (Fsp3) is 0.381. The maximum Gasteiger partial charge on any atom is 0.229 e. The van der Waals surface area contributed by atoms with Gasteiger partial charge in [-0.3, -0.25) is 4.79 Å². The molecule has 11 nitrogen and oxygen atoms in total. The Morgan fingerprint density at radius 2 is 1.66 bits per heavy atom. The van der Waals surface area contributed by atoms with Crippen LogP contribution in [0.15, 0.2) is 33.5 Å². The number of aromatic hydroxyl groups is 1. The van der Waals surface area contributed by atoms with Gasteiger partial charge in [-0.05, 0) is 12.1 Å². The summed E-state index contributed by atoms with van der Waals surface area (Å²) in [5.74, 6) is -0.158. The predicted molar refractivity (Wildman–Crippen MR) is 109 cm³/mol. The summed E-state index contributed by atoms with van der Waals surface area (Å²) in [5, 5.41) is 49.7. The van der Waals surface area contributed by atoms with E-state index >= 15 is 0 Å². The van der Waals surface area contributed by atoms with E-state index in [0.717, 1.165) is 0 Å². The van der Waals surface area contributed by atoms with Gasteiger partial charge in [-0.25, -0.2) is 0 Å². The monoisotopic (exact) mass is 450 g/mol. The van der Waals surface area contributed by atoms with Gasteiger partial charge in [-0.1, -0.05) is 0 Å². The molecule has 5 N–H and O–H groups in total. The van der Waals surface area contributed by atoms with Crippen LogP contribution in [0.1, 0.15) is 0 Å². The minimum absolute atomic E-state index is 0.0321. The summed E-state index contributed by atoms with van der Waals surface area (Å²) in [6.45, 7) is -0.611. The zero-order chi connectivity index (χ0) is 23.2. The molecule has 0 bridgehead atoms. The topological polar surface area (TPSA) is 168 Å². The van der Waals surface area contributed by atoms with Crippen LogP contribution in [0.25, 0.3) is 21.9 Å². The van der Waals surface area contributed by atoms with Crippen LogP contribution in [0.4, 0.5) is 0 Å². The van der Waals surface area contributed by atoms with Crippen LogP contribution in [0.3, 0.4) is 0 Å². The number of ether oxygens (including phenoxy) is 4. The Balaban J connectivity index is 1.81. The highest BCUT2D eigenvalue weighted by molar-refractivity contribution is 5.97. The van der Waals surface area contributed by atoms with Crippen LogP contribution in [-0.2, 0) is 4.74 Å². The molecule has 0 aliphatic carbocycles. The molecule has 0 spiro atoms. The van der Waals surface area contributed by atoms with Crippen molar-refractivity contribution in [2.75, 3.05) is 20.8 Å². The number of aliphatic hydroxyl groups excluding tert-OH is 4. The van der Waals surface area contributed by atoms with Gasteiger partial charge in [0.2, 0.25) is 11.7 Å². The largest absolute Gasteiger partial charge is 0.504 e. The molecule has 4 rings (SSSR count). The first-order chi connectivity index (χ1) is 15.3. The minimum atomic E-state index is -1.62. The van der Waals surface area contributed by atoms with Crippen molar-refractivity contribution in [2.24, 2.45) is 0 Å². The molecule has 2 heterocycles. The van der Waals surface area contributed by atoms with Crippen molar-refractivity contribution in [2.45, 2.75) is 30.7 Å². The molecular weight excluding hydrogens is 428 g/mol. The summed E-state index contributed by atoms with van der Waals surface area (Å²) in [4.78, 5) is 13.1. The Hall–Kier alpha value is -3.09. The number of phenolic OH excluding ortho intramolecular Hbond substituents is 1. The third-order valence-corrected chi connectivity index (χ3v) is 5.36. The second-order valence-electron chi connectivity index (χ2n) is 7.23. The second-order valence-corrected chi connectivity index (χ2v) is 7.23. The second kappa shape index (κ2) is 8.45. The lowest BCUT2D eigenvalue weighted by Crippen LogP contribution is -2.60. The van der Waals surface area contributed by atoms with E-state index in [1.165, 1.54) is 38.5 Å². The maximum absolute atomic E-state index is 13.1. The highest BCUT2D eigenvalue weighted by atomic mass is 16.7. The lowest BCUT2D eigenvalue weighted by molar-refractivity contribution is -0.277. The standard InChI is InChI=1S/C21H22O11/c1-28-10-4-3-9-15(16(10)23)18(25)14-11(29-2)5-8(6-12(14)31-9)30-21-20(27)19(26)17(24)13(7-22)32-21/h3-6,13,17,19-24,26-27H,7H2,1-2H3. The number of rotatable bonds is 5. The van der Waals surface area contributed by atoms with Crippen molar-refractivity contribution in [3.63, 3.8) is 0 Å². The van der Waals surface area contributed by atoms with Crippen molar-refractivity contribution in [1.29, 1.82) is 0 Å². The van der Waals surface area contributed by atoms with Crippen LogP contribution in [0.5, 0.6) is 23.0 Å². The molecule has 5 unspecified atom stereocenters. The van der Waals surface area contributed by atoms with Gasteiger partial charge in [0.25, 0.3) is 0 Å². The number of benzene rings is 2. The number of hydrogen-bond donors (Lipinski definition) is 5. The normalized spacial score (nSPS) is 25.8. The molecule has 1 aliphatic heterocycles. The molecule has 1 aliphatic rings. The van der Waals surface area contributed by atoms with Crippen molar-refractivity contribution in [3.8, 4) is 23.0 Å². The van der Waals surface area contributed by atoms with Crippen molar-refractivity contribution >= 4 is 21.9 Å². The van der Waals surface area contributed by atoms with E-state index < -0.39 is 42.7 Å². The zero-order valence-electron chi connectivity index (χ0n) is 17.1. The van der Waals surface area contributed by atoms with Crippen LogP contribution < -0.4 is 19.6 Å².